The van der Waals surface area contributed by atoms with Gasteiger partial charge < -0.3 is 4.74 Å². The number of ether oxygens (including phenoxy) is 1. The number of alkyl halides is 3. The summed E-state index contributed by atoms with van der Waals surface area (Å²) in [5, 5.41) is 4.63. The van der Waals surface area contributed by atoms with Gasteiger partial charge in [-0.3, -0.25) is 9.38 Å². The minimum Gasteiger partial charge on any atom is -0.356 e. The predicted molar refractivity (Wildman–Crippen MR) is 126 cm³/mol. The van der Waals surface area contributed by atoms with E-state index >= 15 is 4.39 Å². The third kappa shape index (κ3) is 3.76. The molecule has 37 heavy (non-hydrogen) atoms. The zero-order chi connectivity index (χ0) is 26.1. The summed E-state index contributed by atoms with van der Waals surface area (Å²) < 4.78 is 78.4. The van der Waals surface area contributed by atoms with Gasteiger partial charge in [0, 0.05) is 23.7 Å². The molecule has 1 unspecified atom stereocenters. The molecule has 2 aromatic carbocycles. The van der Waals surface area contributed by atoms with Gasteiger partial charge in [-0.2, -0.15) is 18.3 Å². The van der Waals surface area contributed by atoms with Gasteiger partial charge in [0.05, 0.1) is 52.5 Å². The lowest BCUT2D eigenvalue weighted by atomic mass is 10.0. The molecule has 0 saturated carbocycles. The van der Waals surface area contributed by atoms with Crippen molar-refractivity contribution in [2.24, 2.45) is 0 Å². The van der Waals surface area contributed by atoms with Crippen LogP contribution in [0.3, 0.4) is 0 Å². The topological polar surface area (TPSA) is 57.2 Å². The Bertz CT molecular complexity index is 1670. The number of nitrogens with zero attached hydrogens (tertiary/aromatic N) is 5. The van der Waals surface area contributed by atoms with Gasteiger partial charge in [-0.05, 0) is 36.2 Å². The molecule has 190 valence electrons. The molecular weight excluding hydrogens is 493 g/mol. The van der Waals surface area contributed by atoms with Crippen molar-refractivity contribution in [1.29, 1.82) is 0 Å². The van der Waals surface area contributed by atoms with Gasteiger partial charge in [0.15, 0.2) is 11.9 Å². The standard InChI is InChI=1S/C26H20F5N5O/c1-13(2)24-25(15-4-6-20-16(23(15)28)10-33-36(20)22-7-8-37-22)35-12-19(32-11-21(35)34-24)14-3-5-18(27)17(9-14)26(29,30)31/h3-6,9-13,22H,7-8H2,1-2H3. The van der Waals surface area contributed by atoms with Gasteiger partial charge in [0.25, 0.3) is 0 Å². The fourth-order valence-electron chi connectivity index (χ4n) is 4.61. The van der Waals surface area contributed by atoms with Gasteiger partial charge in [-0.25, -0.2) is 18.4 Å². The molecule has 5 aromatic rings. The first-order valence-corrected chi connectivity index (χ1v) is 11.7. The fourth-order valence-corrected chi connectivity index (χ4v) is 4.61. The first kappa shape index (κ1) is 23.5. The summed E-state index contributed by atoms with van der Waals surface area (Å²) in [4.78, 5) is 8.88. The highest BCUT2D eigenvalue weighted by atomic mass is 19.4. The summed E-state index contributed by atoms with van der Waals surface area (Å²) in [5.74, 6) is -1.96. The number of imidazole rings is 1. The van der Waals surface area contributed by atoms with Crippen LogP contribution in [0.25, 0.3) is 39.1 Å². The Morgan fingerprint density at radius 3 is 2.54 bits per heavy atom. The molecule has 0 radical (unpaired) electrons. The van der Waals surface area contributed by atoms with Crippen molar-refractivity contribution in [3.05, 3.63) is 71.8 Å². The zero-order valence-electron chi connectivity index (χ0n) is 19.7. The van der Waals surface area contributed by atoms with Gasteiger partial charge in [-0.15, -0.1) is 0 Å². The van der Waals surface area contributed by atoms with E-state index in [1.54, 1.807) is 21.2 Å². The first-order valence-electron chi connectivity index (χ1n) is 11.7. The maximum Gasteiger partial charge on any atom is 0.419 e. The highest BCUT2D eigenvalue weighted by Crippen LogP contribution is 2.38. The van der Waals surface area contributed by atoms with Gasteiger partial charge >= 0.3 is 6.18 Å². The van der Waals surface area contributed by atoms with E-state index in [0.29, 0.717) is 40.6 Å². The summed E-state index contributed by atoms with van der Waals surface area (Å²) in [6.45, 7) is 4.45. The molecule has 0 amide bonds. The molecule has 0 aliphatic carbocycles. The van der Waals surface area contributed by atoms with Crippen LogP contribution in [0.15, 0.2) is 48.9 Å². The van der Waals surface area contributed by atoms with E-state index in [1.807, 2.05) is 13.8 Å². The van der Waals surface area contributed by atoms with Crippen LogP contribution in [0.1, 0.15) is 43.7 Å². The molecule has 11 heteroatoms. The minimum absolute atomic E-state index is 0.0686. The summed E-state index contributed by atoms with van der Waals surface area (Å²) in [5.41, 5.74) is 1.16. The number of aromatic nitrogens is 5. The quantitative estimate of drug-likeness (QED) is 0.250. The lowest BCUT2D eigenvalue weighted by Crippen LogP contribution is -2.25. The Morgan fingerprint density at radius 1 is 1.08 bits per heavy atom. The maximum atomic E-state index is 15.9. The molecule has 6 rings (SSSR count). The molecule has 1 fully saturated rings. The first-order chi connectivity index (χ1) is 17.6. The molecule has 6 nitrogen and oxygen atoms in total. The average molecular weight is 513 g/mol. The van der Waals surface area contributed by atoms with Crippen molar-refractivity contribution >= 4 is 16.6 Å². The SMILES string of the molecule is CC(C)c1nc2cnc(-c3ccc(F)c(C(F)(F)F)c3)cn2c1-c1ccc2c(cnn2C2CCO2)c1F. The normalized spacial score (nSPS) is 16.2. The van der Waals surface area contributed by atoms with Crippen LogP contribution in [0.2, 0.25) is 0 Å². The summed E-state index contributed by atoms with van der Waals surface area (Å²) in [7, 11) is 0. The Labute approximate surface area is 207 Å². The average Bonchev–Trinajstić information content (AvgIpc) is 3.40. The van der Waals surface area contributed by atoms with Crippen molar-refractivity contribution in [2.75, 3.05) is 6.61 Å². The van der Waals surface area contributed by atoms with Crippen LogP contribution in [-0.2, 0) is 10.9 Å². The van der Waals surface area contributed by atoms with Crippen molar-refractivity contribution in [3.63, 3.8) is 0 Å². The molecule has 4 heterocycles. The molecule has 1 saturated heterocycles. The van der Waals surface area contributed by atoms with Crippen LogP contribution in [-0.4, -0.2) is 30.8 Å². The van der Waals surface area contributed by atoms with Crippen molar-refractivity contribution in [3.8, 4) is 22.5 Å². The Kier molecular flexibility index (Phi) is 5.30. The summed E-state index contributed by atoms with van der Waals surface area (Å²) in [6.07, 6.45) is 0.0625. The number of benzene rings is 2. The van der Waals surface area contributed by atoms with E-state index in [9.17, 15) is 17.6 Å². The second-order valence-electron chi connectivity index (χ2n) is 9.26. The summed E-state index contributed by atoms with van der Waals surface area (Å²) in [6, 6.07) is 6.11. The van der Waals surface area contributed by atoms with E-state index in [0.717, 1.165) is 12.5 Å². The van der Waals surface area contributed by atoms with Crippen molar-refractivity contribution in [2.45, 2.75) is 38.6 Å². The summed E-state index contributed by atoms with van der Waals surface area (Å²) >= 11 is 0. The Balaban J connectivity index is 1.54. The van der Waals surface area contributed by atoms with E-state index in [4.69, 9.17) is 4.74 Å². The van der Waals surface area contributed by atoms with E-state index in [1.165, 1.54) is 24.7 Å². The van der Waals surface area contributed by atoms with E-state index in [2.05, 4.69) is 15.1 Å². The van der Waals surface area contributed by atoms with E-state index in [-0.39, 0.29) is 29.0 Å². The predicted octanol–water partition coefficient (Wildman–Crippen LogP) is 6.75. The molecule has 1 aliphatic heterocycles. The highest BCUT2D eigenvalue weighted by molar-refractivity contribution is 5.86. The Morgan fingerprint density at radius 2 is 1.86 bits per heavy atom. The third-order valence-electron chi connectivity index (χ3n) is 6.57. The molecule has 1 aliphatic rings. The van der Waals surface area contributed by atoms with Crippen LogP contribution < -0.4 is 0 Å². The molecule has 0 bridgehead atoms. The number of fused-ring (bicyclic) bond motifs is 2. The maximum absolute atomic E-state index is 15.9. The van der Waals surface area contributed by atoms with Crippen LogP contribution in [0.5, 0.6) is 0 Å². The van der Waals surface area contributed by atoms with Crippen molar-refractivity contribution in [1.82, 2.24) is 24.1 Å². The van der Waals surface area contributed by atoms with Gasteiger partial charge in [0.2, 0.25) is 0 Å². The fraction of sp³-hybridized carbons (Fsp3) is 0.269. The second-order valence-corrected chi connectivity index (χ2v) is 9.26. The molecule has 3 aromatic heterocycles. The minimum atomic E-state index is -4.86. The lowest BCUT2D eigenvalue weighted by Gasteiger charge is -2.27. The molecule has 0 spiro atoms. The van der Waals surface area contributed by atoms with Crippen LogP contribution in [0.4, 0.5) is 22.0 Å². The molecule has 1 atom stereocenters. The Hall–Kier alpha value is -3.86. The lowest BCUT2D eigenvalue weighted by molar-refractivity contribution is -0.139. The third-order valence-corrected chi connectivity index (χ3v) is 6.57. The molecular formula is C26H20F5N5O. The van der Waals surface area contributed by atoms with Gasteiger partial charge in [0.1, 0.15) is 11.6 Å². The number of hydrogen-bond acceptors (Lipinski definition) is 4. The molecule has 0 N–H and O–H groups in total. The number of rotatable bonds is 4. The monoisotopic (exact) mass is 513 g/mol. The van der Waals surface area contributed by atoms with Gasteiger partial charge in [-0.1, -0.05) is 13.8 Å². The number of halogens is 5. The largest absolute Gasteiger partial charge is 0.419 e. The van der Waals surface area contributed by atoms with Crippen molar-refractivity contribution < 1.29 is 26.7 Å². The van der Waals surface area contributed by atoms with E-state index < -0.39 is 23.4 Å². The smallest absolute Gasteiger partial charge is 0.356 e. The van der Waals surface area contributed by atoms with Crippen LogP contribution >= 0.6 is 0 Å². The zero-order valence-corrected chi connectivity index (χ0v) is 19.7. The highest BCUT2D eigenvalue weighted by Gasteiger charge is 2.34. The number of hydrogen-bond donors (Lipinski definition) is 0. The second kappa shape index (κ2) is 8.34. The van der Waals surface area contributed by atoms with Crippen LogP contribution in [0, 0.1) is 11.6 Å².